The molecule has 4 rings (SSSR count). The van der Waals surface area contributed by atoms with Gasteiger partial charge in [-0.25, -0.2) is 4.68 Å². The lowest BCUT2D eigenvalue weighted by molar-refractivity contribution is 0.0950. The monoisotopic (exact) mass is 374 g/mol. The van der Waals surface area contributed by atoms with E-state index < -0.39 is 0 Å². The molecule has 6 heteroatoms. The van der Waals surface area contributed by atoms with E-state index in [-0.39, 0.29) is 11.8 Å². The molecule has 1 saturated carbocycles. The zero-order valence-corrected chi connectivity index (χ0v) is 15.9. The standard InChI is InChI=1S/C22H22N4O2/c1-14-13-15(2)26(25-14)20-11-5-17(6-12-20)22(28)23-18-7-3-16(4-8-18)21(27)24-19-9-10-19/h3-8,11-13,19H,9-10H2,1-2H3,(H,23,28)(H,24,27). The maximum Gasteiger partial charge on any atom is 0.255 e. The van der Waals surface area contributed by atoms with Crippen LogP contribution < -0.4 is 10.6 Å². The third kappa shape index (κ3) is 3.96. The largest absolute Gasteiger partial charge is 0.349 e. The van der Waals surface area contributed by atoms with Crippen LogP contribution in [-0.4, -0.2) is 27.6 Å². The zero-order valence-electron chi connectivity index (χ0n) is 15.9. The smallest absolute Gasteiger partial charge is 0.255 e. The highest BCUT2D eigenvalue weighted by Crippen LogP contribution is 2.20. The SMILES string of the molecule is Cc1cc(C)n(-c2ccc(C(=O)Nc3ccc(C(=O)NC4CC4)cc3)cc2)n1. The average molecular weight is 374 g/mol. The van der Waals surface area contributed by atoms with Crippen LogP contribution in [0.15, 0.2) is 54.6 Å². The van der Waals surface area contributed by atoms with Gasteiger partial charge in [-0.3, -0.25) is 9.59 Å². The number of aromatic nitrogens is 2. The quantitative estimate of drug-likeness (QED) is 0.716. The molecule has 0 aliphatic heterocycles. The summed E-state index contributed by atoms with van der Waals surface area (Å²) in [5.74, 6) is -0.268. The zero-order chi connectivity index (χ0) is 19.7. The summed E-state index contributed by atoms with van der Waals surface area (Å²) in [6, 6.07) is 16.6. The predicted molar refractivity (Wildman–Crippen MR) is 108 cm³/mol. The van der Waals surface area contributed by atoms with Crippen molar-refractivity contribution < 1.29 is 9.59 Å². The molecule has 0 unspecified atom stereocenters. The molecule has 6 nitrogen and oxygen atoms in total. The van der Waals surface area contributed by atoms with E-state index in [1.807, 2.05) is 36.7 Å². The van der Waals surface area contributed by atoms with Gasteiger partial charge in [-0.1, -0.05) is 0 Å². The Morgan fingerprint density at radius 1 is 0.929 bits per heavy atom. The summed E-state index contributed by atoms with van der Waals surface area (Å²) in [6.07, 6.45) is 2.11. The van der Waals surface area contributed by atoms with E-state index in [4.69, 9.17) is 0 Å². The first-order chi connectivity index (χ1) is 13.5. The van der Waals surface area contributed by atoms with Crippen LogP contribution in [0.25, 0.3) is 5.69 Å². The third-order valence-electron chi connectivity index (χ3n) is 4.70. The number of hydrogen-bond donors (Lipinski definition) is 2. The Balaban J connectivity index is 1.41. The van der Waals surface area contributed by atoms with Crippen LogP contribution in [0.5, 0.6) is 0 Å². The predicted octanol–water partition coefficient (Wildman–Crippen LogP) is 3.63. The van der Waals surface area contributed by atoms with Gasteiger partial charge in [0.25, 0.3) is 11.8 Å². The lowest BCUT2D eigenvalue weighted by Gasteiger charge is -2.08. The van der Waals surface area contributed by atoms with Gasteiger partial charge in [0.2, 0.25) is 0 Å². The number of nitrogens with zero attached hydrogens (tertiary/aromatic N) is 2. The summed E-state index contributed by atoms with van der Waals surface area (Å²) in [7, 11) is 0. The number of rotatable bonds is 5. The second-order valence-corrected chi connectivity index (χ2v) is 7.16. The van der Waals surface area contributed by atoms with Crippen LogP contribution >= 0.6 is 0 Å². The van der Waals surface area contributed by atoms with Gasteiger partial charge in [0.1, 0.15) is 0 Å². The van der Waals surface area contributed by atoms with Crippen molar-refractivity contribution in [2.45, 2.75) is 32.7 Å². The normalized spacial score (nSPS) is 13.2. The van der Waals surface area contributed by atoms with Gasteiger partial charge in [-0.15, -0.1) is 0 Å². The molecule has 1 fully saturated rings. The molecular weight excluding hydrogens is 352 g/mol. The van der Waals surface area contributed by atoms with E-state index >= 15 is 0 Å². The molecule has 1 heterocycles. The second kappa shape index (κ2) is 7.31. The fourth-order valence-electron chi connectivity index (χ4n) is 3.05. The number of nitrogens with one attached hydrogen (secondary N) is 2. The maximum atomic E-state index is 12.5. The number of amides is 2. The molecule has 0 radical (unpaired) electrons. The van der Waals surface area contributed by atoms with Gasteiger partial charge in [-0.2, -0.15) is 5.10 Å². The Bertz CT molecular complexity index is 1020. The van der Waals surface area contributed by atoms with Crippen LogP contribution in [0.1, 0.15) is 44.9 Å². The number of carbonyl (C=O) groups is 2. The molecule has 2 N–H and O–H groups in total. The summed E-state index contributed by atoms with van der Waals surface area (Å²) < 4.78 is 1.85. The summed E-state index contributed by atoms with van der Waals surface area (Å²) in [5.41, 5.74) is 4.71. The van der Waals surface area contributed by atoms with Crippen molar-refractivity contribution in [3.63, 3.8) is 0 Å². The Kier molecular flexibility index (Phi) is 4.69. The Morgan fingerprint density at radius 3 is 2.11 bits per heavy atom. The number of hydrogen-bond acceptors (Lipinski definition) is 3. The van der Waals surface area contributed by atoms with Crippen molar-refractivity contribution in [3.8, 4) is 5.69 Å². The Morgan fingerprint density at radius 2 is 1.54 bits per heavy atom. The maximum absolute atomic E-state index is 12.5. The summed E-state index contributed by atoms with van der Waals surface area (Å²) in [6.45, 7) is 3.95. The topological polar surface area (TPSA) is 76.0 Å². The summed E-state index contributed by atoms with van der Waals surface area (Å²) in [4.78, 5) is 24.5. The van der Waals surface area contributed by atoms with Crippen molar-refractivity contribution in [1.29, 1.82) is 0 Å². The van der Waals surface area contributed by atoms with Crippen molar-refractivity contribution in [2.75, 3.05) is 5.32 Å². The van der Waals surface area contributed by atoms with Crippen molar-refractivity contribution in [1.82, 2.24) is 15.1 Å². The summed E-state index contributed by atoms with van der Waals surface area (Å²) in [5, 5.41) is 10.3. The molecule has 142 valence electrons. The van der Waals surface area contributed by atoms with E-state index in [2.05, 4.69) is 15.7 Å². The first-order valence-corrected chi connectivity index (χ1v) is 9.35. The van der Waals surface area contributed by atoms with Crippen molar-refractivity contribution in [3.05, 3.63) is 77.1 Å². The van der Waals surface area contributed by atoms with Gasteiger partial charge in [0.05, 0.1) is 11.4 Å². The van der Waals surface area contributed by atoms with Gasteiger partial charge in [-0.05, 0) is 81.3 Å². The van der Waals surface area contributed by atoms with Gasteiger partial charge < -0.3 is 10.6 Å². The van der Waals surface area contributed by atoms with Crippen LogP contribution in [-0.2, 0) is 0 Å². The minimum Gasteiger partial charge on any atom is -0.349 e. The number of carbonyl (C=O) groups excluding carboxylic acids is 2. The van der Waals surface area contributed by atoms with Gasteiger partial charge >= 0.3 is 0 Å². The van der Waals surface area contributed by atoms with Gasteiger partial charge in [0, 0.05) is 28.6 Å². The Labute approximate surface area is 163 Å². The second-order valence-electron chi connectivity index (χ2n) is 7.16. The van der Waals surface area contributed by atoms with E-state index in [1.165, 1.54) is 0 Å². The van der Waals surface area contributed by atoms with Crippen LogP contribution in [0.4, 0.5) is 5.69 Å². The first kappa shape index (κ1) is 18.0. The van der Waals surface area contributed by atoms with E-state index in [0.29, 0.717) is 22.9 Å². The highest BCUT2D eigenvalue weighted by atomic mass is 16.2. The van der Waals surface area contributed by atoms with Gasteiger partial charge in [0.15, 0.2) is 0 Å². The molecule has 3 aromatic rings. The number of anilines is 1. The molecule has 0 spiro atoms. The minimum absolute atomic E-state index is 0.0693. The van der Waals surface area contributed by atoms with Crippen LogP contribution in [0.2, 0.25) is 0 Å². The fraction of sp³-hybridized carbons (Fsp3) is 0.227. The number of aryl methyl sites for hydroxylation is 2. The molecule has 1 aliphatic carbocycles. The molecule has 28 heavy (non-hydrogen) atoms. The van der Waals surface area contributed by atoms with E-state index in [0.717, 1.165) is 29.9 Å². The molecule has 0 atom stereocenters. The Hall–Kier alpha value is -3.41. The molecule has 2 aromatic carbocycles. The number of benzene rings is 2. The summed E-state index contributed by atoms with van der Waals surface area (Å²) >= 11 is 0. The molecule has 0 bridgehead atoms. The fourth-order valence-corrected chi connectivity index (χ4v) is 3.05. The molecular formula is C22H22N4O2. The highest BCUT2D eigenvalue weighted by Gasteiger charge is 2.23. The highest BCUT2D eigenvalue weighted by molar-refractivity contribution is 6.04. The molecule has 1 aromatic heterocycles. The minimum atomic E-state index is -0.199. The average Bonchev–Trinajstić information content (AvgIpc) is 3.44. The lowest BCUT2D eigenvalue weighted by atomic mass is 10.1. The third-order valence-corrected chi connectivity index (χ3v) is 4.70. The molecule has 0 saturated heterocycles. The molecule has 1 aliphatic rings. The first-order valence-electron chi connectivity index (χ1n) is 9.35. The molecule has 2 amide bonds. The van der Waals surface area contributed by atoms with Crippen molar-refractivity contribution in [2.24, 2.45) is 0 Å². The van der Waals surface area contributed by atoms with Crippen LogP contribution in [0.3, 0.4) is 0 Å². The van der Waals surface area contributed by atoms with Crippen molar-refractivity contribution >= 4 is 17.5 Å². The van der Waals surface area contributed by atoms with E-state index in [9.17, 15) is 9.59 Å². The van der Waals surface area contributed by atoms with Crippen LogP contribution in [0, 0.1) is 13.8 Å². The van der Waals surface area contributed by atoms with E-state index in [1.54, 1.807) is 36.4 Å². The lowest BCUT2D eigenvalue weighted by Crippen LogP contribution is -2.25.